The zero-order valence-corrected chi connectivity index (χ0v) is 14.1. The number of ether oxygens (including phenoxy) is 1. The summed E-state index contributed by atoms with van der Waals surface area (Å²) in [7, 11) is 0. The fraction of sp³-hybridized carbons (Fsp3) is 0.333. The third kappa shape index (κ3) is 4.53. The standard InChI is InChI=1S/C18H20N2O5/c1-12(2)25-18(21)14(11-19-22)7-9-16-15-6-4-3-5-13(15)8-10-17(16)20(23)24/h3-6,8,10-12,14,22H,7,9H2,1-2H3/b19-11-. The molecular weight excluding hydrogens is 324 g/mol. The Labute approximate surface area is 145 Å². The fourth-order valence-corrected chi connectivity index (χ4v) is 2.71. The predicted molar refractivity (Wildman–Crippen MR) is 93.9 cm³/mol. The van der Waals surface area contributed by atoms with E-state index < -0.39 is 16.8 Å². The summed E-state index contributed by atoms with van der Waals surface area (Å²) in [5, 5.41) is 24.7. The predicted octanol–water partition coefficient (Wildman–Crippen LogP) is 3.71. The first-order chi connectivity index (χ1) is 11.9. The number of benzene rings is 2. The number of aryl methyl sites for hydroxylation is 1. The van der Waals surface area contributed by atoms with Crippen molar-refractivity contribution in [1.82, 2.24) is 0 Å². The highest BCUT2D eigenvalue weighted by molar-refractivity contribution is 5.91. The van der Waals surface area contributed by atoms with Crippen LogP contribution in [0.3, 0.4) is 0 Å². The molecule has 0 aromatic heterocycles. The van der Waals surface area contributed by atoms with E-state index in [1.807, 2.05) is 24.3 Å². The number of carbonyl (C=O) groups excluding carboxylic acids is 1. The Morgan fingerprint density at radius 1 is 1.32 bits per heavy atom. The van der Waals surface area contributed by atoms with Crippen molar-refractivity contribution in [3.63, 3.8) is 0 Å². The maximum atomic E-state index is 12.1. The van der Waals surface area contributed by atoms with Crippen molar-refractivity contribution in [3.05, 3.63) is 52.1 Å². The molecule has 2 aromatic rings. The molecule has 0 saturated carbocycles. The van der Waals surface area contributed by atoms with E-state index in [4.69, 9.17) is 9.94 Å². The van der Waals surface area contributed by atoms with Crippen LogP contribution in [0, 0.1) is 16.0 Å². The van der Waals surface area contributed by atoms with Crippen LogP contribution in [-0.2, 0) is 16.0 Å². The Kier molecular flexibility index (Phi) is 6.05. The van der Waals surface area contributed by atoms with Gasteiger partial charge in [0, 0.05) is 11.6 Å². The fourth-order valence-electron chi connectivity index (χ4n) is 2.71. The van der Waals surface area contributed by atoms with Gasteiger partial charge >= 0.3 is 5.97 Å². The summed E-state index contributed by atoms with van der Waals surface area (Å²) >= 11 is 0. The molecule has 0 heterocycles. The number of carbonyl (C=O) groups is 1. The summed E-state index contributed by atoms with van der Waals surface area (Å²) in [6.45, 7) is 3.45. The maximum Gasteiger partial charge on any atom is 0.314 e. The normalized spacial score (nSPS) is 12.6. The Bertz CT molecular complexity index is 801. The van der Waals surface area contributed by atoms with Crippen LogP contribution in [0.25, 0.3) is 10.8 Å². The molecule has 0 aliphatic carbocycles. The minimum Gasteiger partial charge on any atom is -0.462 e. The second-order valence-corrected chi connectivity index (χ2v) is 5.94. The van der Waals surface area contributed by atoms with Crippen molar-refractivity contribution >= 4 is 28.6 Å². The van der Waals surface area contributed by atoms with E-state index in [9.17, 15) is 14.9 Å². The third-order valence-electron chi connectivity index (χ3n) is 3.82. The van der Waals surface area contributed by atoms with E-state index in [0.717, 1.165) is 17.0 Å². The number of nitro groups is 1. The monoisotopic (exact) mass is 344 g/mol. The molecule has 1 unspecified atom stereocenters. The van der Waals surface area contributed by atoms with Gasteiger partial charge in [0.1, 0.15) is 0 Å². The van der Waals surface area contributed by atoms with Crippen LogP contribution >= 0.6 is 0 Å². The first kappa shape index (κ1) is 18.4. The van der Waals surface area contributed by atoms with Gasteiger partial charge in [0.2, 0.25) is 0 Å². The number of hydrogen-bond acceptors (Lipinski definition) is 6. The largest absolute Gasteiger partial charge is 0.462 e. The summed E-state index contributed by atoms with van der Waals surface area (Å²) in [5.41, 5.74) is 0.562. The Morgan fingerprint density at radius 2 is 2.04 bits per heavy atom. The summed E-state index contributed by atoms with van der Waals surface area (Å²) in [6, 6.07) is 10.5. The Hall–Kier alpha value is -2.96. The molecule has 132 valence electrons. The highest BCUT2D eigenvalue weighted by atomic mass is 16.6. The lowest BCUT2D eigenvalue weighted by molar-refractivity contribution is -0.385. The maximum absolute atomic E-state index is 12.1. The number of esters is 1. The summed E-state index contributed by atoms with van der Waals surface area (Å²) in [4.78, 5) is 23.0. The van der Waals surface area contributed by atoms with E-state index in [1.165, 1.54) is 6.07 Å². The van der Waals surface area contributed by atoms with E-state index in [-0.39, 0.29) is 24.6 Å². The molecule has 0 amide bonds. The molecule has 0 saturated heterocycles. The lowest BCUT2D eigenvalue weighted by Gasteiger charge is -2.14. The second-order valence-electron chi connectivity index (χ2n) is 5.94. The summed E-state index contributed by atoms with van der Waals surface area (Å²) < 4.78 is 5.14. The van der Waals surface area contributed by atoms with Crippen LogP contribution in [0.5, 0.6) is 0 Å². The van der Waals surface area contributed by atoms with Crippen molar-refractivity contribution in [2.75, 3.05) is 0 Å². The first-order valence-electron chi connectivity index (χ1n) is 7.97. The molecule has 7 heteroatoms. The second kappa shape index (κ2) is 8.23. The van der Waals surface area contributed by atoms with Gasteiger partial charge in [-0.1, -0.05) is 24.3 Å². The highest BCUT2D eigenvalue weighted by Gasteiger charge is 2.23. The van der Waals surface area contributed by atoms with Gasteiger partial charge in [-0.3, -0.25) is 14.9 Å². The van der Waals surface area contributed by atoms with Crippen LogP contribution in [0.4, 0.5) is 5.69 Å². The van der Waals surface area contributed by atoms with E-state index in [1.54, 1.807) is 19.9 Å². The molecule has 0 radical (unpaired) electrons. The van der Waals surface area contributed by atoms with Crippen molar-refractivity contribution in [3.8, 4) is 0 Å². The molecule has 0 bridgehead atoms. The molecule has 0 aliphatic heterocycles. The van der Waals surface area contributed by atoms with Crippen LogP contribution in [0.2, 0.25) is 0 Å². The first-order valence-corrected chi connectivity index (χ1v) is 7.97. The molecule has 2 rings (SSSR count). The molecule has 0 spiro atoms. The third-order valence-corrected chi connectivity index (χ3v) is 3.82. The van der Waals surface area contributed by atoms with Gasteiger partial charge in [0.05, 0.1) is 23.2 Å². The minimum atomic E-state index is -0.772. The minimum absolute atomic E-state index is 0.00983. The number of rotatable bonds is 7. The van der Waals surface area contributed by atoms with Crippen LogP contribution in [0.1, 0.15) is 25.8 Å². The lowest BCUT2D eigenvalue weighted by atomic mass is 9.95. The zero-order chi connectivity index (χ0) is 18.4. The van der Waals surface area contributed by atoms with Gasteiger partial charge in [-0.2, -0.15) is 0 Å². The Balaban J connectivity index is 2.33. The van der Waals surface area contributed by atoms with Gasteiger partial charge in [-0.05, 0) is 43.5 Å². The van der Waals surface area contributed by atoms with E-state index in [0.29, 0.717) is 5.56 Å². The zero-order valence-electron chi connectivity index (χ0n) is 14.1. The van der Waals surface area contributed by atoms with Gasteiger partial charge in [0.25, 0.3) is 5.69 Å². The number of hydrogen-bond donors (Lipinski definition) is 1. The summed E-state index contributed by atoms with van der Waals surface area (Å²) in [5.74, 6) is -1.29. The van der Waals surface area contributed by atoms with Gasteiger partial charge in [-0.25, -0.2) is 0 Å². The van der Waals surface area contributed by atoms with Gasteiger partial charge in [0.15, 0.2) is 0 Å². The average molecular weight is 344 g/mol. The van der Waals surface area contributed by atoms with Gasteiger partial charge < -0.3 is 9.94 Å². The van der Waals surface area contributed by atoms with Crippen molar-refractivity contribution in [2.45, 2.75) is 32.8 Å². The number of fused-ring (bicyclic) bond motifs is 1. The number of nitro benzene ring substituents is 1. The molecule has 0 fully saturated rings. The molecule has 25 heavy (non-hydrogen) atoms. The quantitative estimate of drug-likeness (QED) is 0.271. The number of nitrogens with zero attached hydrogens (tertiary/aromatic N) is 2. The van der Waals surface area contributed by atoms with E-state index in [2.05, 4.69) is 5.16 Å². The van der Waals surface area contributed by atoms with Crippen molar-refractivity contribution < 1.29 is 19.7 Å². The molecule has 1 N–H and O–H groups in total. The number of oxime groups is 1. The van der Waals surface area contributed by atoms with Crippen LogP contribution in [0.15, 0.2) is 41.6 Å². The van der Waals surface area contributed by atoms with Crippen LogP contribution in [-0.4, -0.2) is 28.4 Å². The van der Waals surface area contributed by atoms with Crippen LogP contribution < -0.4 is 0 Å². The van der Waals surface area contributed by atoms with Crippen molar-refractivity contribution in [1.29, 1.82) is 0 Å². The molecule has 0 aliphatic rings. The highest BCUT2D eigenvalue weighted by Crippen LogP contribution is 2.30. The Morgan fingerprint density at radius 3 is 2.68 bits per heavy atom. The topological polar surface area (TPSA) is 102 Å². The van der Waals surface area contributed by atoms with Crippen molar-refractivity contribution in [2.24, 2.45) is 11.1 Å². The molecule has 7 nitrogen and oxygen atoms in total. The SMILES string of the molecule is CC(C)OC(=O)C(/C=N\O)CCc1c([N+](=O)[O-])ccc2ccccc12. The van der Waals surface area contributed by atoms with E-state index >= 15 is 0 Å². The molecule has 2 aromatic carbocycles. The van der Waals surface area contributed by atoms with Gasteiger partial charge in [-0.15, -0.1) is 5.16 Å². The average Bonchev–Trinajstić information content (AvgIpc) is 2.57. The lowest BCUT2D eigenvalue weighted by Crippen LogP contribution is -2.23. The smallest absolute Gasteiger partial charge is 0.314 e. The summed E-state index contributed by atoms with van der Waals surface area (Å²) in [6.07, 6.45) is 1.32. The molecule has 1 atom stereocenters. The molecular formula is C18H20N2O5.